The fraction of sp³-hybridized carbons (Fsp3) is 0.840. The van der Waals surface area contributed by atoms with Gasteiger partial charge in [0.15, 0.2) is 0 Å². The Morgan fingerprint density at radius 3 is 2.33 bits per heavy atom. The van der Waals surface area contributed by atoms with E-state index in [-0.39, 0.29) is 29.7 Å². The van der Waals surface area contributed by atoms with Gasteiger partial charge in [0, 0.05) is 19.3 Å². The predicted octanol–water partition coefficient (Wildman–Crippen LogP) is 5.12. The summed E-state index contributed by atoms with van der Waals surface area (Å²) in [5.41, 5.74) is 0. The Kier molecular flexibility index (Phi) is 13.9. The molecule has 0 aromatic rings. The van der Waals surface area contributed by atoms with Gasteiger partial charge < -0.3 is 14.9 Å². The van der Waals surface area contributed by atoms with Crippen molar-refractivity contribution in [1.29, 1.82) is 0 Å². The lowest BCUT2D eigenvalue weighted by atomic mass is 9.86. The topological polar surface area (TPSA) is 83.8 Å². The van der Waals surface area contributed by atoms with Crippen LogP contribution in [0.1, 0.15) is 104 Å². The monoisotopic (exact) mass is 424 g/mol. The molecule has 0 bridgehead atoms. The van der Waals surface area contributed by atoms with Crippen molar-refractivity contribution in [2.45, 2.75) is 123 Å². The molecule has 1 rings (SSSR count). The van der Waals surface area contributed by atoms with Crippen LogP contribution in [0.15, 0.2) is 12.2 Å². The molecule has 0 amide bonds. The predicted molar refractivity (Wildman–Crippen MR) is 120 cm³/mol. The maximum absolute atomic E-state index is 12.2. The van der Waals surface area contributed by atoms with Crippen LogP contribution in [-0.4, -0.2) is 40.3 Å². The second-order valence-electron chi connectivity index (χ2n) is 9.08. The van der Waals surface area contributed by atoms with Crippen molar-refractivity contribution in [3.05, 3.63) is 12.2 Å². The summed E-state index contributed by atoms with van der Waals surface area (Å²) in [6.45, 7) is 5.87. The fourth-order valence-corrected chi connectivity index (χ4v) is 4.34. The number of carbonyl (C=O) groups excluding carboxylic acids is 2. The van der Waals surface area contributed by atoms with Crippen molar-refractivity contribution in [1.82, 2.24) is 0 Å². The van der Waals surface area contributed by atoms with Crippen molar-refractivity contribution < 1.29 is 24.5 Å². The standard InChI is InChI=1S/C25H44O5/c1-4-5-6-7-10-13-20(26)16-17-22-21(23(27)18-24(22)28)14-11-8-9-12-15-25(29)30-19(2)3/h8,11,19,21-24,27-28H,4-7,9-10,12-18H2,1-3H3/t21-,22-,23+,24-/m1/s1. The van der Waals surface area contributed by atoms with Gasteiger partial charge in [0.2, 0.25) is 0 Å². The van der Waals surface area contributed by atoms with E-state index in [1.165, 1.54) is 19.3 Å². The van der Waals surface area contributed by atoms with Crippen molar-refractivity contribution in [2.75, 3.05) is 0 Å². The third-order valence-corrected chi connectivity index (χ3v) is 6.03. The van der Waals surface area contributed by atoms with E-state index in [0.29, 0.717) is 38.5 Å². The first-order valence-electron chi connectivity index (χ1n) is 12.1. The van der Waals surface area contributed by atoms with E-state index in [1.807, 2.05) is 26.0 Å². The number of allylic oxidation sites excluding steroid dienone is 2. The van der Waals surface area contributed by atoms with Gasteiger partial charge in [-0.25, -0.2) is 0 Å². The Balaban J connectivity index is 2.30. The zero-order valence-corrected chi connectivity index (χ0v) is 19.4. The number of hydrogen-bond donors (Lipinski definition) is 2. The Hall–Kier alpha value is -1.20. The third-order valence-electron chi connectivity index (χ3n) is 6.03. The first-order valence-corrected chi connectivity index (χ1v) is 12.1. The number of carbonyl (C=O) groups is 2. The van der Waals surface area contributed by atoms with Gasteiger partial charge in [-0.15, -0.1) is 0 Å². The molecule has 0 spiro atoms. The van der Waals surface area contributed by atoms with Crippen molar-refractivity contribution in [2.24, 2.45) is 11.8 Å². The minimum Gasteiger partial charge on any atom is -0.463 e. The highest BCUT2D eigenvalue weighted by molar-refractivity contribution is 5.78. The van der Waals surface area contributed by atoms with Gasteiger partial charge in [-0.1, -0.05) is 44.8 Å². The molecule has 1 fully saturated rings. The van der Waals surface area contributed by atoms with Gasteiger partial charge in [0.25, 0.3) is 0 Å². The minimum atomic E-state index is -0.526. The largest absolute Gasteiger partial charge is 0.463 e. The number of aliphatic hydroxyl groups excluding tert-OH is 2. The molecule has 0 radical (unpaired) electrons. The van der Waals surface area contributed by atoms with Gasteiger partial charge in [-0.05, 0) is 64.2 Å². The maximum Gasteiger partial charge on any atom is 0.306 e. The Morgan fingerprint density at radius 2 is 1.63 bits per heavy atom. The van der Waals surface area contributed by atoms with E-state index < -0.39 is 12.2 Å². The number of esters is 1. The third kappa shape index (κ3) is 11.3. The van der Waals surface area contributed by atoms with E-state index >= 15 is 0 Å². The maximum atomic E-state index is 12.2. The van der Waals surface area contributed by atoms with Gasteiger partial charge >= 0.3 is 5.97 Å². The van der Waals surface area contributed by atoms with Crippen LogP contribution in [0.2, 0.25) is 0 Å². The number of rotatable bonds is 16. The average Bonchev–Trinajstić information content (AvgIpc) is 2.94. The van der Waals surface area contributed by atoms with Crippen LogP contribution in [-0.2, 0) is 14.3 Å². The molecule has 0 unspecified atom stereocenters. The van der Waals surface area contributed by atoms with Crippen LogP contribution in [0, 0.1) is 11.8 Å². The van der Waals surface area contributed by atoms with Gasteiger partial charge in [-0.2, -0.15) is 0 Å². The summed E-state index contributed by atoms with van der Waals surface area (Å²) in [5, 5.41) is 20.7. The SMILES string of the molecule is CCCCCCCC(=O)CC[C@@H]1[C@@H](CC=CCCCC(=O)OC(C)C)[C@@H](O)C[C@H]1O. The molecule has 4 atom stereocenters. The summed E-state index contributed by atoms with van der Waals surface area (Å²) in [4.78, 5) is 23.7. The number of hydrogen-bond acceptors (Lipinski definition) is 5. The molecular weight excluding hydrogens is 380 g/mol. The van der Waals surface area contributed by atoms with Crippen LogP contribution in [0.25, 0.3) is 0 Å². The molecule has 2 N–H and O–H groups in total. The molecule has 174 valence electrons. The Bertz CT molecular complexity index is 514. The first kappa shape index (κ1) is 26.8. The molecule has 30 heavy (non-hydrogen) atoms. The molecule has 0 aromatic carbocycles. The van der Waals surface area contributed by atoms with E-state index in [2.05, 4.69) is 6.92 Å². The summed E-state index contributed by atoms with van der Waals surface area (Å²) in [7, 11) is 0. The Morgan fingerprint density at radius 1 is 0.933 bits per heavy atom. The molecule has 1 aliphatic rings. The molecule has 1 saturated carbocycles. The molecule has 1 aliphatic carbocycles. The molecule has 0 aliphatic heterocycles. The lowest BCUT2D eigenvalue weighted by Gasteiger charge is -2.22. The van der Waals surface area contributed by atoms with Crippen LogP contribution < -0.4 is 0 Å². The summed E-state index contributed by atoms with van der Waals surface area (Å²) in [5.74, 6) is 0.0970. The normalized spacial score (nSPS) is 24.1. The summed E-state index contributed by atoms with van der Waals surface area (Å²) in [6.07, 6.45) is 13.5. The number of unbranched alkanes of at least 4 members (excludes halogenated alkanes) is 5. The van der Waals surface area contributed by atoms with Crippen LogP contribution in [0.5, 0.6) is 0 Å². The van der Waals surface area contributed by atoms with Crippen molar-refractivity contribution >= 4 is 11.8 Å². The molecule has 5 heteroatoms. The van der Waals surface area contributed by atoms with Crippen molar-refractivity contribution in [3.8, 4) is 0 Å². The fourth-order valence-electron chi connectivity index (χ4n) is 4.34. The van der Waals surface area contributed by atoms with Gasteiger partial charge in [0.1, 0.15) is 5.78 Å². The van der Waals surface area contributed by atoms with E-state index in [4.69, 9.17) is 4.74 Å². The first-order chi connectivity index (χ1) is 14.3. The van der Waals surface area contributed by atoms with Crippen molar-refractivity contribution in [3.63, 3.8) is 0 Å². The van der Waals surface area contributed by atoms with E-state index in [1.54, 1.807) is 0 Å². The zero-order chi connectivity index (χ0) is 22.4. The summed E-state index contributed by atoms with van der Waals surface area (Å²) < 4.78 is 5.11. The molecule has 5 nitrogen and oxygen atoms in total. The number of aliphatic hydroxyl groups is 2. The molecule has 0 heterocycles. The Labute approximate surface area is 183 Å². The quantitative estimate of drug-likeness (QED) is 0.204. The van der Waals surface area contributed by atoms with E-state index in [0.717, 1.165) is 25.7 Å². The van der Waals surface area contributed by atoms with Crippen LogP contribution >= 0.6 is 0 Å². The van der Waals surface area contributed by atoms with Crippen LogP contribution in [0.3, 0.4) is 0 Å². The minimum absolute atomic E-state index is 0.000453. The number of ketones is 1. The highest BCUT2D eigenvalue weighted by Crippen LogP contribution is 2.38. The lowest BCUT2D eigenvalue weighted by molar-refractivity contribution is -0.147. The van der Waals surface area contributed by atoms with E-state index in [9.17, 15) is 19.8 Å². The van der Waals surface area contributed by atoms with Crippen LogP contribution in [0.4, 0.5) is 0 Å². The number of Topliss-reactive ketones (excluding diaryl/α,β-unsaturated/α-hetero) is 1. The second-order valence-corrected chi connectivity index (χ2v) is 9.08. The summed E-state index contributed by atoms with van der Waals surface area (Å²) >= 11 is 0. The average molecular weight is 425 g/mol. The smallest absolute Gasteiger partial charge is 0.306 e. The number of ether oxygens (including phenoxy) is 1. The molecule has 0 aromatic heterocycles. The lowest BCUT2D eigenvalue weighted by Crippen LogP contribution is -2.22. The highest BCUT2D eigenvalue weighted by Gasteiger charge is 2.40. The highest BCUT2D eigenvalue weighted by atomic mass is 16.5. The summed E-state index contributed by atoms with van der Waals surface area (Å²) in [6, 6.07) is 0. The second kappa shape index (κ2) is 15.6. The van der Waals surface area contributed by atoms with Gasteiger partial charge in [0.05, 0.1) is 18.3 Å². The zero-order valence-electron chi connectivity index (χ0n) is 19.4. The van der Waals surface area contributed by atoms with Gasteiger partial charge in [-0.3, -0.25) is 9.59 Å². The molecule has 0 saturated heterocycles. The molecular formula is C25H44O5.